The van der Waals surface area contributed by atoms with Crippen molar-refractivity contribution in [2.75, 3.05) is 78.5 Å². The van der Waals surface area contributed by atoms with E-state index in [0.29, 0.717) is 57.4 Å². The van der Waals surface area contributed by atoms with E-state index >= 15 is 0 Å². The van der Waals surface area contributed by atoms with E-state index < -0.39 is 35.5 Å². The molecule has 5 amide bonds. The summed E-state index contributed by atoms with van der Waals surface area (Å²) in [7, 11) is 0. The third-order valence-electron chi connectivity index (χ3n) is 5.62. The first-order valence-electron chi connectivity index (χ1n) is 11.3. The Labute approximate surface area is 203 Å². The van der Waals surface area contributed by atoms with E-state index in [0.717, 1.165) is 0 Å². The van der Waals surface area contributed by atoms with E-state index in [4.69, 9.17) is 22.0 Å². The van der Waals surface area contributed by atoms with Crippen LogP contribution in [0.2, 0.25) is 0 Å². The highest BCUT2D eigenvalue weighted by Crippen LogP contribution is 2.12. The van der Waals surface area contributed by atoms with Gasteiger partial charge in [0.05, 0.1) is 26.2 Å². The summed E-state index contributed by atoms with van der Waals surface area (Å²) in [5.41, 5.74) is 16.1. The molecule has 0 saturated carbocycles. The minimum atomic E-state index is -0.781. The second-order valence-corrected chi connectivity index (χ2v) is 8.55. The van der Waals surface area contributed by atoms with Gasteiger partial charge in [-0.15, -0.1) is 5.06 Å². The van der Waals surface area contributed by atoms with Gasteiger partial charge in [-0.1, -0.05) is 0 Å². The molecule has 2 saturated heterocycles. The van der Waals surface area contributed by atoms with Crippen molar-refractivity contribution in [2.24, 2.45) is 17.2 Å². The maximum absolute atomic E-state index is 12.5. The lowest BCUT2D eigenvalue weighted by Crippen LogP contribution is -2.50. The molecule has 2 aliphatic rings. The fraction of sp³-hybridized carbons (Fsp3) is 0.700. The maximum Gasteiger partial charge on any atom is 0.347 e. The fourth-order valence-corrected chi connectivity index (χ4v) is 3.84. The first kappa shape index (κ1) is 28.1. The Morgan fingerprint density at radius 3 is 1.14 bits per heavy atom. The molecule has 2 rings (SSSR count). The predicted octanol–water partition coefficient (Wildman–Crippen LogP) is -4.73. The first-order valence-corrected chi connectivity index (χ1v) is 11.3. The molecule has 2 fully saturated rings. The average Bonchev–Trinajstić information content (AvgIpc) is 3.06. The van der Waals surface area contributed by atoms with Crippen LogP contribution in [0.3, 0.4) is 0 Å². The van der Waals surface area contributed by atoms with Crippen LogP contribution in [0.4, 0.5) is 0 Å². The second kappa shape index (κ2) is 13.7. The smallest absolute Gasteiger partial charge is 0.347 e. The highest BCUT2D eigenvalue weighted by Gasteiger charge is 2.33. The molecule has 6 N–H and O–H groups in total. The lowest BCUT2D eigenvalue weighted by molar-refractivity contribution is -0.198. The van der Waals surface area contributed by atoms with Crippen molar-refractivity contribution in [1.29, 1.82) is 0 Å². The van der Waals surface area contributed by atoms with Crippen LogP contribution < -0.4 is 17.2 Å². The molecule has 196 valence electrons. The SMILES string of the molecule is NC(=O)CN1CCN(CC(N)=O)CCN(CC(=O)ON2C(=O)CCC2=O)CCN(CC(N)=O)CC1. The van der Waals surface area contributed by atoms with Crippen molar-refractivity contribution in [1.82, 2.24) is 24.7 Å². The largest absolute Gasteiger partial charge is 0.369 e. The van der Waals surface area contributed by atoms with Gasteiger partial charge in [0.15, 0.2) is 0 Å². The van der Waals surface area contributed by atoms with Crippen LogP contribution in [0.25, 0.3) is 0 Å². The van der Waals surface area contributed by atoms with E-state index in [1.807, 2.05) is 4.90 Å². The molecule has 0 radical (unpaired) electrons. The van der Waals surface area contributed by atoms with Gasteiger partial charge in [0.25, 0.3) is 11.8 Å². The summed E-state index contributed by atoms with van der Waals surface area (Å²) in [5, 5.41) is 0.491. The highest BCUT2D eigenvalue weighted by atomic mass is 16.7. The number of hydroxylamine groups is 2. The van der Waals surface area contributed by atoms with E-state index in [2.05, 4.69) is 0 Å². The van der Waals surface area contributed by atoms with E-state index in [1.165, 1.54) is 0 Å². The monoisotopic (exact) mass is 498 g/mol. The van der Waals surface area contributed by atoms with Gasteiger partial charge in [0.1, 0.15) is 0 Å². The van der Waals surface area contributed by atoms with Crippen molar-refractivity contribution in [3.63, 3.8) is 0 Å². The molecule has 0 aromatic heterocycles. The van der Waals surface area contributed by atoms with Crippen LogP contribution in [0, 0.1) is 0 Å². The number of hydrogen-bond acceptors (Lipinski definition) is 11. The lowest BCUT2D eigenvalue weighted by Gasteiger charge is -2.33. The summed E-state index contributed by atoms with van der Waals surface area (Å²) >= 11 is 0. The van der Waals surface area contributed by atoms with E-state index in [-0.39, 0.29) is 39.0 Å². The van der Waals surface area contributed by atoms with Crippen molar-refractivity contribution in [3.8, 4) is 0 Å². The standard InChI is InChI=1S/C20H34N8O7/c21-15(29)11-24-3-5-25(12-16(22)30)7-9-27(10-8-26(6-4-24)13-17(23)31)14-20(34)35-28-18(32)1-2-19(28)33/h1-14H2,(H2,21,29)(H2,22,30)(H2,23,31). The molecule has 0 spiro atoms. The van der Waals surface area contributed by atoms with Crippen LogP contribution >= 0.6 is 0 Å². The van der Waals surface area contributed by atoms with Gasteiger partial charge in [0, 0.05) is 65.2 Å². The van der Waals surface area contributed by atoms with Crippen LogP contribution in [0.15, 0.2) is 0 Å². The molecular weight excluding hydrogens is 464 g/mol. The van der Waals surface area contributed by atoms with Crippen LogP contribution in [-0.2, 0) is 33.6 Å². The van der Waals surface area contributed by atoms with Crippen molar-refractivity contribution >= 4 is 35.5 Å². The summed E-state index contributed by atoms with van der Waals surface area (Å²) in [5.74, 6) is -3.47. The number of nitrogens with zero attached hydrogens (tertiary/aromatic N) is 5. The predicted molar refractivity (Wildman–Crippen MR) is 121 cm³/mol. The summed E-state index contributed by atoms with van der Waals surface area (Å²) in [6.07, 6.45) is -0.0144. The fourth-order valence-electron chi connectivity index (χ4n) is 3.84. The van der Waals surface area contributed by atoms with Gasteiger partial charge in [-0.25, -0.2) is 4.79 Å². The van der Waals surface area contributed by atoms with Crippen LogP contribution in [0.1, 0.15) is 12.8 Å². The molecule has 15 heteroatoms. The minimum absolute atomic E-state index is 0.00719. The number of carbonyl (C=O) groups excluding carboxylic acids is 6. The summed E-state index contributed by atoms with van der Waals surface area (Å²) in [4.78, 5) is 82.6. The maximum atomic E-state index is 12.5. The first-order chi connectivity index (χ1) is 16.5. The zero-order valence-corrected chi connectivity index (χ0v) is 19.7. The number of rotatable bonds is 9. The molecule has 0 aromatic carbocycles. The molecule has 15 nitrogen and oxygen atoms in total. The van der Waals surface area contributed by atoms with Gasteiger partial charge in [-0.3, -0.25) is 43.6 Å². The minimum Gasteiger partial charge on any atom is -0.369 e. The quantitative estimate of drug-likeness (QED) is 0.257. The molecule has 0 unspecified atom stereocenters. The molecular formula is C20H34N8O7. The van der Waals surface area contributed by atoms with E-state index in [9.17, 15) is 28.8 Å². The van der Waals surface area contributed by atoms with E-state index in [1.54, 1.807) is 14.7 Å². The molecule has 2 heterocycles. The number of nitrogens with two attached hydrogens (primary N) is 3. The van der Waals surface area contributed by atoms with Crippen LogP contribution in [0.5, 0.6) is 0 Å². The van der Waals surface area contributed by atoms with Crippen molar-refractivity contribution in [3.05, 3.63) is 0 Å². The Balaban J connectivity index is 2.11. The molecule has 0 aliphatic carbocycles. The number of primary amides is 3. The Kier molecular flexibility index (Phi) is 11.0. The Hall–Kier alpha value is -3.14. The van der Waals surface area contributed by atoms with Gasteiger partial charge < -0.3 is 22.0 Å². The Bertz CT molecular complexity index is 775. The highest BCUT2D eigenvalue weighted by molar-refractivity contribution is 6.01. The molecule has 0 atom stereocenters. The van der Waals surface area contributed by atoms with Gasteiger partial charge in [0.2, 0.25) is 17.7 Å². The zero-order valence-electron chi connectivity index (χ0n) is 19.7. The normalized spacial score (nSPS) is 20.3. The number of amides is 5. The molecule has 0 bridgehead atoms. The third-order valence-corrected chi connectivity index (χ3v) is 5.62. The number of hydrogen-bond donors (Lipinski definition) is 3. The van der Waals surface area contributed by atoms with Gasteiger partial charge in [-0.05, 0) is 0 Å². The summed E-state index contributed by atoms with van der Waals surface area (Å²) in [6, 6.07) is 0. The topological polar surface area (TPSA) is 206 Å². The lowest BCUT2D eigenvalue weighted by atomic mass is 10.3. The zero-order chi connectivity index (χ0) is 26.0. The molecule has 0 aromatic rings. The summed E-state index contributed by atoms with van der Waals surface area (Å²) in [6.45, 7) is 2.76. The Morgan fingerprint density at radius 2 is 0.857 bits per heavy atom. The third kappa shape index (κ3) is 10.3. The average molecular weight is 499 g/mol. The van der Waals surface area contributed by atoms with Crippen LogP contribution in [-0.4, -0.2) is 139 Å². The summed E-state index contributed by atoms with van der Waals surface area (Å²) < 4.78 is 0. The van der Waals surface area contributed by atoms with Gasteiger partial charge in [-0.2, -0.15) is 0 Å². The van der Waals surface area contributed by atoms with Crippen molar-refractivity contribution < 1.29 is 33.6 Å². The Morgan fingerprint density at radius 1 is 0.571 bits per heavy atom. The molecule has 35 heavy (non-hydrogen) atoms. The number of imide groups is 1. The molecule has 2 aliphatic heterocycles. The van der Waals surface area contributed by atoms with Gasteiger partial charge >= 0.3 is 5.97 Å². The van der Waals surface area contributed by atoms with Crippen molar-refractivity contribution in [2.45, 2.75) is 12.8 Å². The number of carbonyl (C=O) groups is 6. The second-order valence-electron chi connectivity index (χ2n) is 8.55.